The Hall–Kier alpha value is -0.810. The molecule has 98 valence electrons. The molecule has 5 nitrogen and oxygen atoms in total. The summed E-state index contributed by atoms with van der Waals surface area (Å²) >= 11 is 0. The molecule has 5 heteroatoms. The molecule has 0 aromatic carbocycles. The van der Waals surface area contributed by atoms with Gasteiger partial charge in [-0.05, 0) is 38.8 Å². The van der Waals surface area contributed by atoms with Gasteiger partial charge in [-0.25, -0.2) is 0 Å². The third-order valence-electron chi connectivity index (χ3n) is 3.75. The Morgan fingerprint density at radius 3 is 2.59 bits per heavy atom. The van der Waals surface area contributed by atoms with Gasteiger partial charge in [-0.3, -0.25) is 4.90 Å². The Morgan fingerprint density at radius 2 is 2.00 bits per heavy atom. The fourth-order valence-electron chi connectivity index (χ4n) is 2.50. The van der Waals surface area contributed by atoms with Gasteiger partial charge in [-0.1, -0.05) is 5.16 Å². The van der Waals surface area contributed by atoms with E-state index < -0.39 is 0 Å². The lowest BCUT2D eigenvalue weighted by atomic mass is 10.3. The predicted octanol–water partition coefficient (Wildman–Crippen LogP) is 0.683. The fraction of sp³-hybridized carbons (Fsp3) is 0.917. The highest BCUT2D eigenvalue weighted by Crippen LogP contribution is 2.26. The normalized spacial score (nSPS) is 22.5. The van der Waals surface area contributed by atoms with E-state index in [9.17, 15) is 0 Å². The number of nitrogens with zero attached hydrogens (tertiary/aromatic N) is 3. The number of nitrogens with two attached hydrogens (primary N) is 1. The first-order valence-electron chi connectivity index (χ1n) is 6.72. The summed E-state index contributed by atoms with van der Waals surface area (Å²) in [4.78, 5) is 5.04. The lowest BCUT2D eigenvalue weighted by molar-refractivity contribution is 0.221. The van der Waals surface area contributed by atoms with Gasteiger partial charge in [0.05, 0.1) is 0 Å². The molecule has 17 heavy (non-hydrogen) atoms. The fourth-order valence-corrected chi connectivity index (χ4v) is 2.50. The van der Waals surface area contributed by atoms with Crippen LogP contribution < -0.4 is 5.73 Å². The van der Waals surface area contributed by atoms with Crippen LogP contribution in [-0.2, 0) is 0 Å². The van der Waals surface area contributed by atoms with Crippen molar-refractivity contribution in [2.75, 3.05) is 32.7 Å². The maximum atomic E-state index is 8.54. The topological polar surface area (TPSA) is 65.1 Å². The van der Waals surface area contributed by atoms with Crippen molar-refractivity contribution in [3.05, 3.63) is 0 Å². The maximum absolute atomic E-state index is 8.54. The van der Waals surface area contributed by atoms with Crippen LogP contribution in [-0.4, -0.2) is 59.6 Å². The van der Waals surface area contributed by atoms with Crippen molar-refractivity contribution < 1.29 is 5.21 Å². The standard InChI is InChI=1S/C12H24N4O/c13-12(14-17)5-8-16(11-3-4-11)10-9-15-6-1-2-7-15/h11,17H,1-10H2,(H2,13,14). The monoisotopic (exact) mass is 240 g/mol. The quantitative estimate of drug-likeness (QED) is 0.297. The lowest BCUT2D eigenvalue weighted by Crippen LogP contribution is -2.37. The Balaban J connectivity index is 1.68. The smallest absolute Gasteiger partial charge is 0.140 e. The molecule has 1 saturated carbocycles. The van der Waals surface area contributed by atoms with Gasteiger partial charge in [0.15, 0.2) is 0 Å². The second-order valence-electron chi connectivity index (χ2n) is 5.16. The number of oxime groups is 1. The summed E-state index contributed by atoms with van der Waals surface area (Å²) in [7, 11) is 0. The second kappa shape index (κ2) is 6.21. The van der Waals surface area contributed by atoms with Crippen molar-refractivity contribution >= 4 is 5.84 Å². The van der Waals surface area contributed by atoms with Crippen LogP contribution in [0.15, 0.2) is 5.16 Å². The third kappa shape index (κ3) is 4.16. The number of hydrogen-bond acceptors (Lipinski definition) is 4. The summed E-state index contributed by atoms with van der Waals surface area (Å²) in [6, 6.07) is 0.754. The van der Waals surface area contributed by atoms with E-state index in [-0.39, 0.29) is 0 Å². The van der Waals surface area contributed by atoms with E-state index in [0.717, 1.165) is 19.1 Å². The number of hydrogen-bond donors (Lipinski definition) is 2. The molecule has 2 aliphatic rings. The lowest BCUT2D eigenvalue weighted by Gasteiger charge is -2.24. The van der Waals surface area contributed by atoms with E-state index in [1.165, 1.54) is 45.3 Å². The summed E-state index contributed by atoms with van der Waals surface area (Å²) in [5.41, 5.74) is 5.52. The second-order valence-corrected chi connectivity index (χ2v) is 5.16. The summed E-state index contributed by atoms with van der Waals surface area (Å²) in [6.45, 7) is 5.75. The molecular formula is C12H24N4O. The third-order valence-corrected chi connectivity index (χ3v) is 3.75. The maximum Gasteiger partial charge on any atom is 0.140 e. The van der Waals surface area contributed by atoms with Crippen molar-refractivity contribution in [3.8, 4) is 0 Å². The van der Waals surface area contributed by atoms with Crippen LogP contribution in [0.1, 0.15) is 32.1 Å². The Morgan fingerprint density at radius 1 is 1.29 bits per heavy atom. The van der Waals surface area contributed by atoms with Crippen molar-refractivity contribution in [2.24, 2.45) is 10.9 Å². The van der Waals surface area contributed by atoms with Gasteiger partial charge in [0.25, 0.3) is 0 Å². The molecule has 0 aromatic rings. The molecule has 0 amide bonds. The van der Waals surface area contributed by atoms with Gasteiger partial charge in [0.2, 0.25) is 0 Å². The van der Waals surface area contributed by atoms with Crippen LogP contribution in [0.5, 0.6) is 0 Å². The summed E-state index contributed by atoms with van der Waals surface area (Å²) in [5, 5.41) is 11.6. The van der Waals surface area contributed by atoms with Crippen LogP contribution in [0, 0.1) is 0 Å². The summed E-state index contributed by atoms with van der Waals surface area (Å²) in [6.07, 6.45) is 6.01. The Labute approximate surface area is 103 Å². The molecule has 0 atom stereocenters. The average molecular weight is 240 g/mol. The molecular weight excluding hydrogens is 216 g/mol. The highest BCUT2D eigenvalue weighted by molar-refractivity contribution is 5.79. The summed E-state index contributed by atoms with van der Waals surface area (Å²) < 4.78 is 0. The highest BCUT2D eigenvalue weighted by Gasteiger charge is 2.29. The van der Waals surface area contributed by atoms with Crippen LogP contribution in [0.25, 0.3) is 0 Å². The molecule has 0 bridgehead atoms. The molecule has 1 saturated heterocycles. The van der Waals surface area contributed by atoms with Crippen LogP contribution >= 0.6 is 0 Å². The molecule has 2 fully saturated rings. The van der Waals surface area contributed by atoms with E-state index in [1.807, 2.05) is 0 Å². The zero-order chi connectivity index (χ0) is 12.1. The van der Waals surface area contributed by atoms with Gasteiger partial charge >= 0.3 is 0 Å². The van der Waals surface area contributed by atoms with E-state index >= 15 is 0 Å². The Kier molecular flexibility index (Phi) is 4.62. The molecule has 1 aliphatic carbocycles. The van der Waals surface area contributed by atoms with Crippen molar-refractivity contribution in [3.63, 3.8) is 0 Å². The van der Waals surface area contributed by atoms with Crippen molar-refractivity contribution in [2.45, 2.75) is 38.1 Å². The Bertz CT molecular complexity index is 259. The van der Waals surface area contributed by atoms with E-state index in [1.54, 1.807) is 0 Å². The molecule has 0 radical (unpaired) electrons. The van der Waals surface area contributed by atoms with Crippen LogP contribution in [0.2, 0.25) is 0 Å². The number of likely N-dealkylation sites (tertiary alicyclic amines) is 1. The van der Waals surface area contributed by atoms with Gasteiger partial charge in [-0.2, -0.15) is 0 Å². The molecule has 2 rings (SSSR count). The van der Waals surface area contributed by atoms with Crippen LogP contribution in [0.4, 0.5) is 0 Å². The van der Waals surface area contributed by atoms with E-state index in [0.29, 0.717) is 12.3 Å². The minimum absolute atomic E-state index is 0.344. The molecule has 0 unspecified atom stereocenters. The molecule has 0 aromatic heterocycles. The zero-order valence-electron chi connectivity index (χ0n) is 10.5. The van der Waals surface area contributed by atoms with Gasteiger partial charge in [0.1, 0.15) is 5.84 Å². The highest BCUT2D eigenvalue weighted by atomic mass is 16.4. The predicted molar refractivity (Wildman–Crippen MR) is 68.3 cm³/mol. The van der Waals surface area contributed by atoms with Gasteiger partial charge < -0.3 is 15.8 Å². The van der Waals surface area contributed by atoms with Gasteiger partial charge in [-0.15, -0.1) is 0 Å². The first-order chi connectivity index (χ1) is 8.29. The average Bonchev–Trinajstić information content (AvgIpc) is 3.05. The van der Waals surface area contributed by atoms with Crippen molar-refractivity contribution in [1.82, 2.24) is 9.80 Å². The largest absolute Gasteiger partial charge is 0.409 e. The van der Waals surface area contributed by atoms with E-state index in [2.05, 4.69) is 15.0 Å². The van der Waals surface area contributed by atoms with Gasteiger partial charge in [0, 0.05) is 32.1 Å². The molecule has 3 N–H and O–H groups in total. The van der Waals surface area contributed by atoms with E-state index in [4.69, 9.17) is 10.9 Å². The number of rotatable bonds is 7. The molecule has 0 spiro atoms. The van der Waals surface area contributed by atoms with Crippen molar-refractivity contribution in [1.29, 1.82) is 0 Å². The van der Waals surface area contributed by atoms with Crippen LogP contribution in [0.3, 0.4) is 0 Å². The molecule has 1 heterocycles. The zero-order valence-corrected chi connectivity index (χ0v) is 10.5. The molecule has 1 aliphatic heterocycles. The first-order valence-corrected chi connectivity index (χ1v) is 6.72. The summed E-state index contributed by atoms with van der Waals surface area (Å²) in [5.74, 6) is 0.344. The minimum atomic E-state index is 0.344. The first kappa shape index (κ1) is 12.6. The SMILES string of the molecule is NC(CCN(CCN1CCCC1)C1CC1)=NO. The minimum Gasteiger partial charge on any atom is -0.409 e. The number of amidine groups is 1.